The van der Waals surface area contributed by atoms with Gasteiger partial charge < -0.3 is 10.1 Å². The molecule has 0 saturated carbocycles. The minimum atomic E-state index is -0.547. The molecule has 2 N–H and O–H groups in total. The number of nitrogens with zero attached hydrogens (tertiary/aromatic N) is 1. The van der Waals surface area contributed by atoms with Gasteiger partial charge in [0.15, 0.2) is 0 Å². The van der Waals surface area contributed by atoms with Gasteiger partial charge in [-0.1, -0.05) is 29.8 Å². The third kappa shape index (κ3) is 3.86. The molecule has 104 valence electrons. The van der Waals surface area contributed by atoms with E-state index in [1.54, 1.807) is 12.3 Å². The molecule has 6 heteroatoms. The van der Waals surface area contributed by atoms with Crippen LogP contribution in [0.2, 0.25) is 5.02 Å². The minimum absolute atomic E-state index is 0.431. The third-order valence-corrected chi connectivity index (χ3v) is 2.99. The highest BCUT2D eigenvalue weighted by molar-refractivity contribution is 6.31. The van der Waals surface area contributed by atoms with Gasteiger partial charge in [0.1, 0.15) is 5.82 Å². The number of pyridine rings is 1. The molecule has 5 nitrogen and oxygen atoms in total. The van der Waals surface area contributed by atoms with Crippen molar-refractivity contribution in [3.63, 3.8) is 0 Å². The minimum Gasteiger partial charge on any atom is -0.453 e. The number of aromatic nitrogens is 1. The summed E-state index contributed by atoms with van der Waals surface area (Å²) in [5.74, 6) is 0.431. The first-order valence-electron chi connectivity index (χ1n) is 5.97. The first-order chi connectivity index (χ1) is 9.69. The van der Waals surface area contributed by atoms with Crippen LogP contribution in [0.3, 0.4) is 0 Å². The van der Waals surface area contributed by atoms with Crippen molar-refractivity contribution < 1.29 is 9.53 Å². The molecule has 2 aromatic rings. The average molecular weight is 292 g/mol. The third-order valence-electron chi connectivity index (χ3n) is 2.62. The van der Waals surface area contributed by atoms with Crippen LogP contribution in [0.5, 0.6) is 0 Å². The Bertz CT molecular complexity index is 587. The van der Waals surface area contributed by atoms with Crippen LogP contribution in [-0.2, 0) is 11.3 Å². The molecule has 0 saturated heterocycles. The molecule has 0 radical (unpaired) electrons. The predicted molar refractivity (Wildman–Crippen MR) is 79.0 cm³/mol. The van der Waals surface area contributed by atoms with Crippen molar-refractivity contribution in [2.45, 2.75) is 6.54 Å². The van der Waals surface area contributed by atoms with E-state index in [-0.39, 0.29) is 0 Å². The van der Waals surface area contributed by atoms with Gasteiger partial charge in [0.25, 0.3) is 0 Å². The number of hydrogen-bond acceptors (Lipinski definition) is 4. The molecule has 1 amide bonds. The zero-order chi connectivity index (χ0) is 14.4. The fourth-order valence-corrected chi connectivity index (χ4v) is 1.77. The van der Waals surface area contributed by atoms with E-state index in [1.807, 2.05) is 30.3 Å². The van der Waals surface area contributed by atoms with Crippen LogP contribution in [0, 0.1) is 0 Å². The number of halogens is 1. The van der Waals surface area contributed by atoms with E-state index >= 15 is 0 Å². The molecule has 20 heavy (non-hydrogen) atoms. The van der Waals surface area contributed by atoms with E-state index in [0.29, 0.717) is 12.4 Å². The maximum atomic E-state index is 11.0. The zero-order valence-electron chi connectivity index (χ0n) is 10.9. The molecule has 1 heterocycles. The van der Waals surface area contributed by atoms with Crippen molar-refractivity contribution in [3.05, 3.63) is 53.2 Å². The number of methoxy groups -OCH3 is 1. The standard InChI is InChI=1S/C14H14ClN3O2/c1-20-14(19)18-13-7-6-11(9-17-13)16-8-10-4-2-3-5-12(10)15/h2-7,9,16H,8H2,1H3,(H,17,18,19). The monoisotopic (exact) mass is 291 g/mol. The molecule has 0 fully saturated rings. The lowest BCUT2D eigenvalue weighted by Gasteiger charge is -2.08. The second-order valence-electron chi connectivity index (χ2n) is 3.99. The number of anilines is 2. The summed E-state index contributed by atoms with van der Waals surface area (Å²) < 4.78 is 4.48. The van der Waals surface area contributed by atoms with Gasteiger partial charge >= 0.3 is 6.09 Å². The van der Waals surface area contributed by atoms with Gasteiger partial charge in [-0.3, -0.25) is 5.32 Å². The quantitative estimate of drug-likeness (QED) is 0.904. The lowest BCUT2D eigenvalue weighted by atomic mass is 10.2. The second-order valence-corrected chi connectivity index (χ2v) is 4.40. The Hall–Kier alpha value is -2.27. The Morgan fingerprint density at radius 3 is 2.75 bits per heavy atom. The highest BCUT2D eigenvalue weighted by atomic mass is 35.5. The van der Waals surface area contributed by atoms with E-state index in [2.05, 4.69) is 20.4 Å². The van der Waals surface area contributed by atoms with Crippen molar-refractivity contribution >= 4 is 29.2 Å². The van der Waals surface area contributed by atoms with Gasteiger partial charge in [-0.05, 0) is 23.8 Å². The van der Waals surface area contributed by atoms with E-state index in [9.17, 15) is 4.79 Å². The summed E-state index contributed by atoms with van der Waals surface area (Å²) in [5.41, 5.74) is 1.84. The molecule has 0 bridgehead atoms. The number of carbonyl (C=O) groups excluding carboxylic acids is 1. The predicted octanol–water partition coefficient (Wildman–Crippen LogP) is 3.53. The van der Waals surface area contributed by atoms with Gasteiger partial charge in [-0.2, -0.15) is 0 Å². The van der Waals surface area contributed by atoms with Gasteiger partial charge in [0, 0.05) is 11.6 Å². The van der Waals surface area contributed by atoms with Gasteiger partial charge in [-0.25, -0.2) is 9.78 Å². The molecule has 0 aliphatic rings. The Morgan fingerprint density at radius 1 is 1.30 bits per heavy atom. The zero-order valence-corrected chi connectivity index (χ0v) is 11.6. The van der Waals surface area contributed by atoms with Crippen molar-refractivity contribution in [2.75, 3.05) is 17.7 Å². The molecular weight excluding hydrogens is 278 g/mol. The molecule has 1 aromatic heterocycles. The van der Waals surface area contributed by atoms with Crippen LogP contribution in [0.25, 0.3) is 0 Å². The molecule has 2 rings (SSSR count). The molecule has 0 aliphatic carbocycles. The maximum Gasteiger partial charge on any atom is 0.412 e. The van der Waals surface area contributed by atoms with Gasteiger partial charge in [-0.15, -0.1) is 0 Å². The largest absolute Gasteiger partial charge is 0.453 e. The highest BCUT2D eigenvalue weighted by Gasteiger charge is 2.02. The maximum absolute atomic E-state index is 11.0. The average Bonchev–Trinajstić information content (AvgIpc) is 2.48. The summed E-state index contributed by atoms with van der Waals surface area (Å²) in [6, 6.07) is 11.1. The lowest BCUT2D eigenvalue weighted by molar-refractivity contribution is 0.187. The summed E-state index contributed by atoms with van der Waals surface area (Å²) >= 11 is 6.07. The van der Waals surface area contributed by atoms with E-state index < -0.39 is 6.09 Å². The fourth-order valence-electron chi connectivity index (χ4n) is 1.57. The molecular formula is C14H14ClN3O2. The summed E-state index contributed by atoms with van der Waals surface area (Å²) in [4.78, 5) is 15.1. The second kappa shape index (κ2) is 6.77. The van der Waals surface area contributed by atoms with Crippen molar-refractivity contribution in [2.24, 2.45) is 0 Å². The van der Waals surface area contributed by atoms with E-state index in [1.165, 1.54) is 7.11 Å². The van der Waals surface area contributed by atoms with Crippen molar-refractivity contribution in [3.8, 4) is 0 Å². The highest BCUT2D eigenvalue weighted by Crippen LogP contribution is 2.17. The van der Waals surface area contributed by atoms with Gasteiger partial charge in [0.2, 0.25) is 0 Å². The SMILES string of the molecule is COC(=O)Nc1ccc(NCc2ccccc2Cl)cn1. The summed E-state index contributed by atoms with van der Waals surface area (Å²) in [5, 5.41) is 6.41. The van der Waals surface area contributed by atoms with Crippen molar-refractivity contribution in [1.82, 2.24) is 4.98 Å². The summed E-state index contributed by atoms with van der Waals surface area (Å²) in [6.45, 7) is 0.602. The molecule has 0 atom stereocenters. The van der Waals surface area contributed by atoms with Crippen LogP contribution < -0.4 is 10.6 Å². The van der Waals surface area contributed by atoms with Crippen LogP contribution >= 0.6 is 11.6 Å². The lowest BCUT2D eigenvalue weighted by Crippen LogP contribution is -2.12. The molecule has 1 aromatic carbocycles. The Morgan fingerprint density at radius 2 is 2.10 bits per heavy atom. The molecule has 0 spiro atoms. The number of carbonyl (C=O) groups is 1. The van der Waals surface area contributed by atoms with E-state index in [0.717, 1.165) is 16.3 Å². The Labute approximate surface area is 121 Å². The molecule has 0 aliphatic heterocycles. The number of nitrogens with one attached hydrogen (secondary N) is 2. The first-order valence-corrected chi connectivity index (χ1v) is 6.35. The molecule has 0 unspecified atom stereocenters. The first kappa shape index (κ1) is 14.1. The topological polar surface area (TPSA) is 63.2 Å². The normalized spacial score (nSPS) is 9.90. The number of ether oxygens (including phenoxy) is 1. The van der Waals surface area contributed by atoms with Crippen LogP contribution in [0.4, 0.5) is 16.3 Å². The summed E-state index contributed by atoms with van der Waals surface area (Å²) in [7, 11) is 1.30. The fraction of sp³-hybridized carbons (Fsp3) is 0.143. The number of amides is 1. The van der Waals surface area contributed by atoms with E-state index in [4.69, 9.17) is 11.6 Å². The van der Waals surface area contributed by atoms with Crippen LogP contribution in [0.1, 0.15) is 5.56 Å². The number of hydrogen-bond donors (Lipinski definition) is 2. The Kier molecular flexibility index (Phi) is 4.79. The number of rotatable bonds is 4. The Balaban J connectivity index is 1.94. The number of benzene rings is 1. The van der Waals surface area contributed by atoms with Crippen molar-refractivity contribution in [1.29, 1.82) is 0 Å². The van der Waals surface area contributed by atoms with Crippen LogP contribution in [-0.4, -0.2) is 18.2 Å². The smallest absolute Gasteiger partial charge is 0.412 e. The van der Waals surface area contributed by atoms with Gasteiger partial charge in [0.05, 0.1) is 19.0 Å². The summed E-state index contributed by atoms with van der Waals surface area (Å²) in [6.07, 6.45) is 1.08. The van der Waals surface area contributed by atoms with Crippen LogP contribution in [0.15, 0.2) is 42.6 Å².